The van der Waals surface area contributed by atoms with E-state index in [1.54, 1.807) is 30.3 Å². The number of carbonyl (C=O) groups is 3. The third-order valence-electron chi connectivity index (χ3n) is 3.24. The van der Waals surface area contributed by atoms with Gasteiger partial charge in [-0.15, -0.1) is 0 Å². The maximum Gasteiger partial charge on any atom is 0.342 e. The fourth-order valence-electron chi connectivity index (χ4n) is 1.87. The molecule has 2 N–H and O–H groups in total. The van der Waals surface area contributed by atoms with E-state index in [4.69, 9.17) is 39.5 Å². The molecule has 9 heteroatoms. The second-order valence-corrected chi connectivity index (χ2v) is 6.27. The normalized spacial score (nSPS) is 11.4. The largest absolute Gasteiger partial charge is 0.449 e. The fourth-order valence-corrected chi connectivity index (χ4v) is 2.55. The predicted octanol–water partition coefficient (Wildman–Crippen LogP) is 3.65. The van der Waals surface area contributed by atoms with Crippen molar-refractivity contribution in [3.8, 4) is 0 Å². The Morgan fingerprint density at radius 1 is 0.923 bits per heavy atom. The average Bonchev–Trinajstić information content (AvgIpc) is 2.63. The van der Waals surface area contributed by atoms with Gasteiger partial charge in [-0.2, -0.15) is 0 Å². The first kappa shape index (κ1) is 20.0. The number of nitrogens with one attached hydrogen (secondary N) is 2. The van der Waals surface area contributed by atoms with Crippen LogP contribution >= 0.6 is 34.8 Å². The summed E-state index contributed by atoms with van der Waals surface area (Å²) in [7, 11) is 0. The molecule has 1 unspecified atom stereocenters. The second-order valence-electron chi connectivity index (χ2n) is 5.08. The van der Waals surface area contributed by atoms with E-state index in [1.807, 2.05) is 0 Å². The average molecular weight is 416 g/mol. The zero-order valence-corrected chi connectivity index (χ0v) is 15.7. The first-order chi connectivity index (χ1) is 12.3. The van der Waals surface area contributed by atoms with E-state index >= 15 is 0 Å². The minimum atomic E-state index is -1.22. The van der Waals surface area contributed by atoms with Gasteiger partial charge in [0.2, 0.25) is 0 Å². The third-order valence-corrected chi connectivity index (χ3v) is 4.36. The molecular formula is C17H13Cl3N2O4. The van der Waals surface area contributed by atoms with Crippen molar-refractivity contribution in [2.24, 2.45) is 0 Å². The number of carbonyl (C=O) groups excluding carboxylic acids is 3. The molecule has 0 saturated heterocycles. The number of ether oxygens (including phenoxy) is 1. The highest BCUT2D eigenvalue weighted by Gasteiger charge is 2.24. The maximum absolute atomic E-state index is 12.2. The molecule has 2 rings (SSSR count). The molecule has 0 heterocycles. The van der Waals surface area contributed by atoms with E-state index in [-0.39, 0.29) is 20.6 Å². The summed E-state index contributed by atoms with van der Waals surface area (Å²) in [5.41, 5.74) is 4.60. The molecular weight excluding hydrogens is 403 g/mol. The second kappa shape index (κ2) is 8.89. The van der Waals surface area contributed by atoms with Crippen molar-refractivity contribution in [2.75, 3.05) is 0 Å². The lowest BCUT2D eigenvalue weighted by atomic mass is 10.2. The van der Waals surface area contributed by atoms with E-state index in [2.05, 4.69) is 10.9 Å². The van der Waals surface area contributed by atoms with Gasteiger partial charge in [0, 0.05) is 5.56 Å². The standard InChI is InChI=1S/C17H13Cl3N2O4/c1-9(15(23)21-22-16(24)10-5-3-2-4-6-10)26-17(25)13-11(18)7-8-12(19)14(13)20/h2-9H,1H3,(H,21,23)(H,22,24). The highest BCUT2D eigenvalue weighted by Crippen LogP contribution is 2.32. The maximum atomic E-state index is 12.2. The number of hydrogen-bond donors (Lipinski definition) is 2. The molecule has 6 nitrogen and oxygen atoms in total. The molecule has 0 bridgehead atoms. The fraction of sp³-hybridized carbons (Fsp3) is 0.118. The SMILES string of the molecule is CC(OC(=O)c1c(Cl)ccc(Cl)c1Cl)C(=O)NNC(=O)c1ccccc1. The Balaban J connectivity index is 1.96. The van der Waals surface area contributed by atoms with Crippen LogP contribution in [0.2, 0.25) is 15.1 Å². The lowest BCUT2D eigenvalue weighted by molar-refractivity contribution is -0.129. The molecule has 2 aromatic rings. The van der Waals surface area contributed by atoms with Gasteiger partial charge in [0.25, 0.3) is 11.8 Å². The Labute approximate surface area is 164 Å². The van der Waals surface area contributed by atoms with Crippen LogP contribution < -0.4 is 10.9 Å². The molecule has 0 spiro atoms. The highest BCUT2D eigenvalue weighted by molar-refractivity contribution is 6.46. The molecule has 2 amide bonds. The van der Waals surface area contributed by atoms with E-state index in [9.17, 15) is 14.4 Å². The number of rotatable bonds is 4. The van der Waals surface area contributed by atoms with Gasteiger partial charge in [-0.05, 0) is 31.2 Å². The monoisotopic (exact) mass is 414 g/mol. The summed E-state index contributed by atoms with van der Waals surface area (Å²) in [6.07, 6.45) is -1.22. The Morgan fingerprint density at radius 3 is 2.19 bits per heavy atom. The van der Waals surface area contributed by atoms with Crippen LogP contribution in [0, 0.1) is 0 Å². The topological polar surface area (TPSA) is 84.5 Å². The van der Waals surface area contributed by atoms with Crippen LogP contribution in [0.4, 0.5) is 0 Å². The minimum Gasteiger partial charge on any atom is -0.449 e. The Morgan fingerprint density at radius 2 is 1.54 bits per heavy atom. The van der Waals surface area contributed by atoms with E-state index < -0.39 is 23.9 Å². The Hall–Kier alpha value is -2.28. The van der Waals surface area contributed by atoms with Gasteiger partial charge in [-0.3, -0.25) is 20.4 Å². The first-order valence-electron chi connectivity index (χ1n) is 7.31. The lowest BCUT2D eigenvalue weighted by Gasteiger charge is -2.15. The van der Waals surface area contributed by atoms with Crippen LogP contribution in [0.3, 0.4) is 0 Å². The van der Waals surface area contributed by atoms with Crippen molar-refractivity contribution in [1.82, 2.24) is 10.9 Å². The number of hydrazine groups is 1. The molecule has 0 aliphatic rings. The molecule has 0 aliphatic heterocycles. The Kier molecular flexibility index (Phi) is 6.85. The first-order valence-corrected chi connectivity index (χ1v) is 8.44. The highest BCUT2D eigenvalue weighted by atomic mass is 35.5. The van der Waals surface area contributed by atoms with Gasteiger partial charge in [0.15, 0.2) is 6.10 Å². The summed E-state index contributed by atoms with van der Waals surface area (Å²) >= 11 is 17.7. The van der Waals surface area contributed by atoms with Crippen molar-refractivity contribution in [1.29, 1.82) is 0 Å². The van der Waals surface area contributed by atoms with Crippen molar-refractivity contribution in [2.45, 2.75) is 13.0 Å². The summed E-state index contributed by atoms with van der Waals surface area (Å²) in [5, 5.41) is 0.0822. The number of amides is 2. The number of esters is 1. The van der Waals surface area contributed by atoms with Crippen LogP contribution in [0.25, 0.3) is 0 Å². The molecule has 1 atom stereocenters. The van der Waals surface area contributed by atoms with Gasteiger partial charge in [0.1, 0.15) is 0 Å². The van der Waals surface area contributed by atoms with Crippen LogP contribution in [0.1, 0.15) is 27.6 Å². The summed E-state index contributed by atoms with van der Waals surface area (Å²) in [4.78, 5) is 36.0. The van der Waals surface area contributed by atoms with Crippen LogP contribution in [0.5, 0.6) is 0 Å². The van der Waals surface area contributed by atoms with Crippen molar-refractivity contribution in [3.05, 3.63) is 68.7 Å². The van der Waals surface area contributed by atoms with E-state index in [1.165, 1.54) is 19.1 Å². The van der Waals surface area contributed by atoms with Crippen molar-refractivity contribution in [3.63, 3.8) is 0 Å². The molecule has 0 saturated carbocycles. The predicted molar refractivity (Wildman–Crippen MR) is 98.4 cm³/mol. The van der Waals surface area contributed by atoms with Crippen LogP contribution in [-0.4, -0.2) is 23.9 Å². The number of benzene rings is 2. The summed E-state index contributed by atoms with van der Waals surface area (Å²) < 4.78 is 5.02. The molecule has 26 heavy (non-hydrogen) atoms. The molecule has 0 radical (unpaired) electrons. The zero-order valence-electron chi connectivity index (χ0n) is 13.4. The lowest BCUT2D eigenvalue weighted by Crippen LogP contribution is -2.46. The molecule has 0 aromatic heterocycles. The van der Waals surface area contributed by atoms with E-state index in [0.717, 1.165) is 0 Å². The van der Waals surface area contributed by atoms with Gasteiger partial charge in [-0.1, -0.05) is 53.0 Å². The summed E-state index contributed by atoms with van der Waals surface area (Å²) in [5.74, 6) is -2.17. The zero-order chi connectivity index (χ0) is 19.3. The van der Waals surface area contributed by atoms with Gasteiger partial charge >= 0.3 is 5.97 Å². The molecule has 0 aliphatic carbocycles. The Bertz CT molecular complexity index is 843. The van der Waals surface area contributed by atoms with Crippen LogP contribution in [0.15, 0.2) is 42.5 Å². The third kappa shape index (κ3) is 4.88. The van der Waals surface area contributed by atoms with Crippen LogP contribution in [-0.2, 0) is 9.53 Å². The van der Waals surface area contributed by atoms with Crippen molar-refractivity contribution < 1.29 is 19.1 Å². The van der Waals surface area contributed by atoms with Gasteiger partial charge in [0.05, 0.1) is 20.6 Å². The summed E-state index contributed by atoms with van der Waals surface area (Å²) in [6.45, 7) is 1.33. The smallest absolute Gasteiger partial charge is 0.342 e. The number of hydrogen-bond acceptors (Lipinski definition) is 4. The van der Waals surface area contributed by atoms with Crippen molar-refractivity contribution >= 4 is 52.6 Å². The summed E-state index contributed by atoms with van der Waals surface area (Å²) in [6, 6.07) is 11.1. The van der Waals surface area contributed by atoms with Gasteiger partial charge in [-0.25, -0.2) is 4.79 Å². The van der Waals surface area contributed by atoms with Gasteiger partial charge < -0.3 is 4.74 Å². The molecule has 136 valence electrons. The van der Waals surface area contributed by atoms with E-state index in [0.29, 0.717) is 5.56 Å². The quantitative estimate of drug-likeness (QED) is 0.453. The minimum absolute atomic E-state index is 0.0365. The molecule has 0 fully saturated rings. The number of halogens is 3. The molecule has 2 aromatic carbocycles.